The lowest BCUT2D eigenvalue weighted by atomic mass is 10.0. The monoisotopic (exact) mass is 478 g/mol. The number of rotatable bonds is 6. The maximum absolute atomic E-state index is 14.4. The Balaban J connectivity index is 2.14. The number of carbonyl (C=O) groups is 1. The van der Waals surface area contributed by atoms with E-state index in [0.717, 1.165) is 0 Å². The summed E-state index contributed by atoms with van der Waals surface area (Å²) in [6.07, 6.45) is -0.169. The first-order valence-electron chi connectivity index (χ1n) is 11.0. The van der Waals surface area contributed by atoms with Gasteiger partial charge in [0.05, 0.1) is 13.2 Å². The van der Waals surface area contributed by atoms with E-state index in [0.29, 0.717) is 17.5 Å². The lowest BCUT2D eigenvalue weighted by Gasteiger charge is -2.37. The van der Waals surface area contributed by atoms with E-state index in [9.17, 15) is 22.7 Å². The fraction of sp³-hybridized carbons (Fsp3) is 0.458. The van der Waals surface area contributed by atoms with E-state index in [4.69, 9.17) is 4.74 Å². The van der Waals surface area contributed by atoms with Gasteiger partial charge in [-0.25, -0.2) is 12.8 Å². The lowest BCUT2D eigenvalue weighted by molar-refractivity contribution is -0.131. The molecule has 0 radical (unpaired) electrons. The third-order valence-corrected chi connectivity index (χ3v) is 8.05. The van der Waals surface area contributed by atoms with Gasteiger partial charge in [0.15, 0.2) is 0 Å². The number of halogens is 1. The minimum absolute atomic E-state index is 0.0516. The van der Waals surface area contributed by atoms with Crippen LogP contribution in [0.4, 0.5) is 4.39 Å². The molecule has 0 bridgehead atoms. The number of amides is 1. The average molecular weight is 479 g/mol. The molecule has 180 valence electrons. The Morgan fingerprint density at radius 3 is 2.64 bits per heavy atom. The maximum atomic E-state index is 14.4. The van der Waals surface area contributed by atoms with Gasteiger partial charge in [-0.1, -0.05) is 38.1 Å². The molecule has 3 atom stereocenters. The van der Waals surface area contributed by atoms with Crippen molar-refractivity contribution < 1.29 is 27.4 Å². The van der Waals surface area contributed by atoms with E-state index < -0.39 is 28.0 Å². The molecule has 1 amide bonds. The van der Waals surface area contributed by atoms with Crippen LogP contribution >= 0.6 is 0 Å². The zero-order valence-corrected chi connectivity index (χ0v) is 20.2. The average Bonchev–Trinajstić information content (AvgIpc) is 2.80. The highest BCUT2D eigenvalue weighted by atomic mass is 32.2. The number of aliphatic hydroxyl groups is 1. The number of aliphatic hydroxyl groups excluding tert-OH is 1. The third-order valence-electron chi connectivity index (χ3n) is 6.03. The van der Waals surface area contributed by atoms with Crippen LogP contribution < -0.4 is 4.74 Å². The van der Waals surface area contributed by atoms with Crippen LogP contribution in [0.15, 0.2) is 47.4 Å². The van der Waals surface area contributed by atoms with Crippen LogP contribution in [-0.4, -0.2) is 67.5 Å². The summed E-state index contributed by atoms with van der Waals surface area (Å²) in [7, 11) is -2.31. The Morgan fingerprint density at radius 1 is 1.30 bits per heavy atom. The van der Waals surface area contributed by atoms with Crippen molar-refractivity contribution in [3.8, 4) is 16.9 Å². The zero-order chi connectivity index (χ0) is 24.3. The first-order valence-corrected chi connectivity index (χ1v) is 12.5. The second-order valence-electron chi connectivity index (χ2n) is 8.51. The highest BCUT2D eigenvalue weighted by Crippen LogP contribution is 2.37. The molecule has 1 heterocycles. The molecular formula is C24H31FN2O5S. The predicted octanol–water partition coefficient (Wildman–Crippen LogP) is 3.13. The zero-order valence-electron chi connectivity index (χ0n) is 19.4. The largest absolute Gasteiger partial charge is 0.487 e. The van der Waals surface area contributed by atoms with E-state index in [-0.39, 0.29) is 42.2 Å². The van der Waals surface area contributed by atoms with Gasteiger partial charge in [-0.05, 0) is 30.7 Å². The second kappa shape index (κ2) is 10.2. The summed E-state index contributed by atoms with van der Waals surface area (Å²) in [5, 5.41) is 9.72. The van der Waals surface area contributed by atoms with E-state index in [1.807, 2.05) is 6.92 Å². The van der Waals surface area contributed by atoms with Crippen LogP contribution in [0.3, 0.4) is 0 Å². The van der Waals surface area contributed by atoms with E-state index in [2.05, 4.69) is 0 Å². The molecule has 2 aromatic rings. The quantitative estimate of drug-likeness (QED) is 0.689. The number of hydrogen-bond donors (Lipinski definition) is 1. The Kier molecular flexibility index (Phi) is 7.76. The molecule has 1 aliphatic rings. The highest BCUT2D eigenvalue weighted by molar-refractivity contribution is 7.89. The molecule has 0 spiro atoms. The molecular weight excluding hydrogens is 447 g/mol. The number of hydrogen-bond acceptors (Lipinski definition) is 5. The number of nitrogens with zero attached hydrogens (tertiary/aromatic N) is 2. The summed E-state index contributed by atoms with van der Waals surface area (Å²) < 4.78 is 49.0. The van der Waals surface area contributed by atoms with E-state index in [1.165, 1.54) is 22.5 Å². The molecule has 1 aliphatic heterocycles. The maximum Gasteiger partial charge on any atom is 0.247 e. The topological polar surface area (TPSA) is 87.2 Å². The summed E-state index contributed by atoms with van der Waals surface area (Å²) in [6.45, 7) is 5.31. The van der Waals surface area contributed by atoms with Gasteiger partial charge in [-0.15, -0.1) is 0 Å². The summed E-state index contributed by atoms with van der Waals surface area (Å²) in [6, 6.07) is 10.1. The number of benzene rings is 2. The van der Waals surface area contributed by atoms with Crippen molar-refractivity contribution in [3.63, 3.8) is 0 Å². The minimum atomic E-state index is -3.99. The van der Waals surface area contributed by atoms with Crippen LogP contribution in [-0.2, 0) is 14.8 Å². The van der Waals surface area contributed by atoms with E-state index >= 15 is 0 Å². The van der Waals surface area contributed by atoms with Crippen LogP contribution in [0.2, 0.25) is 0 Å². The molecule has 33 heavy (non-hydrogen) atoms. The molecule has 1 N–H and O–H groups in total. The van der Waals surface area contributed by atoms with Gasteiger partial charge in [-0.3, -0.25) is 4.79 Å². The summed E-state index contributed by atoms with van der Waals surface area (Å²) >= 11 is 0. The third kappa shape index (κ3) is 5.20. The van der Waals surface area contributed by atoms with Crippen molar-refractivity contribution in [2.75, 3.05) is 26.7 Å². The fourth-order valence-electron chi connectivity index (χ4n) is 3.95. The highest BCUT2D eigenvalue weighted by Gasteiger charge is 2.38. The van der Waals surface area contributed by atoms with Gasteiger partial charge in [-0.2, -0.15) is 4.31 Å². The SMILES string of the molecule is CCC(=O)N(C)C[C@@H]1Oc2cc(-c3ccccc3F)ccc2S(=O)(=O)N([C@@H](C)CO)C[C@@H]1C. The number of fused-ring (bicyclic) bond motifs is 1. The number of likely N-dealkylation sites (N-methyl/N-ethyl adjacent to an activating group) is 1. The van der Waals surface area contributed by atoms with Crippen molar-refractivity contribution in [1.82, 2.24) is 9.21 Å². The summed E-state index contributed by atoms with van der Waals surface area (Å²) in [4.78, 5) is 13.7. The molecule has 9 heteroatoms. The number of sulfonamides is 1. The van der Waals surface area contributed by atoms with Crippen molar-refractivity contribution in [2.24, 2.45) is 5.92 Å². The van der Waals surface area contributed by atoms with Gasteiger partial charge in [0.2, 0.25) is 15.9 Å². The van der Waals surface area contributed by atoms with Crippen LogP contribution in [0.1, 0.15) is 27.2 Å². The van der Waals surface area contributed by atoms with E-state index in [1.54, 1.807) is 50.1 Å². The normalized spacial score (nSPS) is 21.3. The fourth-order valence-corrected chi connectivity index (χ4v) is 5.77. The molecule has 0 aliphatic carbocycles. The van der Waals surface area contributed by atoms with Crippen LogP contribution in [0.25, 0.3) is 11.1 Å². The van der Waals surface area contributed by atoms with Crippen molar-refractivity contribution in [2.45, 2.75) is 44.2 Å². The lowest BCUT2D eigenvalue weighted by Crippen LogP contribution is -2.50. The number of carbonyl (C=O) groups excluding carboxylic acids is 1. The summed E-state index contributed by atoms with van der Waals surface area (Å²) in [5.74, 6) is -0.674. The Hall–Kier alpha value is -2.49. The predicted molar refractivity (Wildman–Crippen MR) is 124 cm³/mol. The molecule has 2 aromatic carbocycles. The summed E-state index contributed by atoms with van der Waals surface area (Å²) in [5.41, 5.74) is 0.806. The van der Waals surface area contributed by atoms with Crippen LogP contribution in [0, 0.1) is 11.7 Å². The van der Waals surface area contributed by atoms with Gasteiger partial charge < -0.3 is 14.7 Å². The Morgan fingerprint density at radius 2 is 2.00 bits per heavy atom. The Labute approximate surface area is 194 Å². The molecule has 0 saturated carbocycles. The minimum Gasteiger partial charge on any atom is -0.487 e. The van der Waals surface area contributed by atoms with Crippen LogP contribution in [0.5, 0.6) is 5.75 Å². The molecule has 0 fully saturated rings. The molecule has 0 unspecified atom stereocenters. The smallest absolute Gasteiger partial charge is 0.247 e. The van der Waals surface area contributed by atoms with Crippen molar-refractivity contribution >= 4 is 15.9 Å². The second-order valence-corrected chi connectivity index (χ2v) is 10.4. The van der Waals surface area contributed by atoms with Crippen molar-refractivity contribution in [1.29, 1.82) is 0 Å². The number of ether oxygens (including phenoxy) is 1. The molecule has 7 nitrogen and oxygen atoms in total. The van der Waals surface area contributed by atoms with Gasteiger partial charge in [0.1, 0.15) is 22.6 Å². The molecule has 0 aromatic heterocycles. The standard InChI is InChI=1S/C24H31FN2O5S/c1-5-24(29)26(4)14-22-16(2)13-27(17(3)15-28)33(30,31)23-11-10-18(12-21(23)32-22)19-8-6-7-9-20(19)25/h6-12,16-17,22,28H,5,13-15H2,1-4H3/t16-,17-,22-/m0/s1. The molecule has 0 saturated heterocycles. The first kappa shape index (κ1) is 25.1. The first-order chi connectivity index (χ1) is 15.6. The molecule has 3 rings (SSSR count). The van der Waals surface area contributed by atoms with Gasteiger partial charge in [0, 0.05) is 37.5 Å². The van der Waals surface area contributed by atoms with Crippen molar-refractivity contribution in [3.05, 3.63) is 48.3 Å². The Bertz CT molecular complexity index is 1110. The van der Waals surface area contributed by atoms with Gasteiger partial charge >= 0.3 is 0 Å². The van der Waals surface area contributed by atoms with Gasteiger partial charge in [0.25, 0.3) is 0 Å².